The Bertz CT molecular complexity index is 598. The highest BCUT2D eigenvalue weighted by molar-refractivity contribution is 5.80. The molecule has 0 bridgehead atoms. The van der Waals surface area contributed by atoms with Crippen molar-refractivity contribution in [3.63, 3.8) is 0 Å². The van der Waals surface area contributed by atoms with Crippen molar-refractivity contribution < 1.29 is 14.3 Å². The first-order chi connectivity index (χ1) is 10.7. The van der Waals surface area contributed by atoms with Crippen molar-refractivity contribution in [1.29, 1.82) is 0 Å². The van der Waals surface area contributed by atoms with Crippen LogP contribution < -0.4 is 14.8 Å². The molecule has 0 spiro atoms. The van der Waals surface area contributed by atoms with E-state index in [-0.39, 0.29) is 5.91 Å². The smallest absolute Gasteiger partial charge is 0.261 e. The highest BCUT2D eigenvalue weighted by atomic mass is 16.5. The predicted molar refractivity (Wildman–Crippen MR) is 86.0 cm³/mol. The third kappa shape index (κ3) is 4.52. The number of rotatable bonds is 7. The van der Waals surface area contributed by atoms with Crippen LogP contribution in [0.2, 0.25) is 0 Å². The van der Waals surface area contributed by atoms with Crippen LogP contribution in [-0.4, -0.2) is 18.6 Å². The van der Waals surface area contributed by atoms with Crippen molar-refractivity contribution in [3.8, 4) is 11.5 Å². The molecule has 0 aliphatic rings. The van der Waals surface area contributed by atoms with Gasteiger partial charge in [-0.05, 0) is 32.0 Å². The lowest BCUT2D eigenvalue weighted by atomic mass is 10.2. The summed E-state index contributed by atoms with van der Waals surface area (Å²) in [5, 5.41) is 2.87. The van der Waals surface area contributed by atoms with Crippen LogP contribution in [0.3, 0.4) is 0 Å². The highest BCUT2D eigenvalue weighted by Gasteiger charge is 2.14. The van der Waals surface area contributed by atoms with Crippen LogP contribution in [0.15, 0.2) is 54.6 Å². The van der Waals surface area contributed by atoms with Crippen LogP contribution in [0.25, 0.3) is 0 Å². The molecule has 1 N–H and O–H groups in total. The summed E-state index contributed by atoms with van der Waals surface area (Å²) in [4.78, 5) is 12.1. The Labute approximate surface area is 131 Å². The Hall–Kier alpha value is -2.49. The molecule has 1 unspecified atom stereocenters. The zero-order chi connectivity index (χ0) is 15.8. The van der Waals surface area contributed by atoms with E-state index in [0.717, 1.165) is 11.3 Å². The lowest BCUT2D eigenvalue weighted by Crippen LogP contribution is -2.36. The molecule has 0 fully saturated rings. The van der Waals surface area contributed by atoms with Gasteiger partial charge < -0.3 is 14.8 Å². The number of carbonyl (C=O) groups is 1. The van der Waals surface area contributed by atoms with E-state index in [1.807, 2.05) is 61.5 Å². The van der Waals surface area contributed by atoms with Crippen molar-refractivity contribution in [2.24, 2.45) is 0 Å². The fourth-order valence-electron chi connectivity index (χ4n) is 2.03. The fourth-order valence-corrected chi connectivity index (χ4v) is 2.03. The first-order valence-corrected chi connectivity index (χ1v) is 7.41. The summed E-state index contributed by atoms with van der Waals surface area (Å²) in [6, 6.07) is 17.0. The van der Waals surface area contributed by atoms with Gasteiger partial charge in [0.2, 0.25) is 0 Å². The number of benzene rings is 2. The van der Waals surface area contributed by atoms with Gasteiger partial charge >= 0.3 is 0 Å². The maximum atomic E-state index is 12.1. The largest absolute Gasteiger partial charge is 0.494 e. The molecule has 2 rings (SSSR count). The molecule has 2 aromatic carbocycles. The molecule has 4 nitrogen and oxygen atoms in total. The topological polar surface area (TPSA) is 47.6 Å². The number of para-hydroxylation sites is 2. The molecule has 0 aliphatic carbocycles. The molecular formula is C18H21NO3. The summed E-state index contributed by atoms with van der Waals surface area (Å²) in [5.41, 5.74) is 0.949. The third-order valence-corrected chi connectivity index (χ3v) is 3.15. The Morgan fingerprint density at radius 1 is 1.09 bits per heavy atom. The van der Waals surface area contributed by atoms with Crippen LogP contribution in [-0.2, 0) is 11.3 Å². The number of amides is 1. The molecule has 0 aliphatic heterocycles. The van der Waals surface area contributed by atoms with E-state index in [2.05, 4.69) is 5.32 Å². The summed E-state index contributed by atoms with van der Waals surface area (Å²) in [5.74, 6) is 1.32. The van der Waals surface area contributed by atoms with Crippen LogP contribution in [0.5, 0.6) is 11.5 Å². The normalized spacial score (nSPS) is 11.5. The highest BCUT2D eigenvalue weighted by Crippen LogP contribution is 2.17. The summed E-state index contributed by atoms with van der Waals surface area (Å²) < 4.78 is 11.1. The Kier molecular flexibility index (Phi) is 5.83. The van der Waals surface area contributed by atoms with E-state index < -0.39 is 6.10 Å². The van der Waals surface area contributed by atoms with Gasteiger partial charge in [0.05, 0.1) is 6.61 Å². The van der Waals surface area contributed by atoms with Crippen molar-refractivity contribution in [2.75, 3.05) is 6.61 Å². The summed E-state index contributed by atoms with van der Waals surface area (Å²) >= 11 is 0. The van der Waals surface area contributed by atoms with E-state index in [1.165, 1.54) is 0 Å². The Morgan fingerprint density at radius 3 is 2.50 bits per heavy atom. The van der Waals surface area contributed by atoms with Gasteiger partial charge in [-0.25, -0.2) is 0 Å². The van der Waals surface area contributed by atoms with Gasteiger partial charge in [-0.2, -0.15) is 0 Å². The maximum absolute atomic E-state index is 12.1. The number of hydrogen-bond acceptors (Lipinski definition) is 3. The van der Waals surface area contributed by atoms with Crippen LogP contribution in [0.4, 0.5) is 0 Å². The van der Waals surface area contributed by atoms with Gasteiger partial charge in [0, 0.05) is 12.1 Å². The zero-order valence-electron chi connectivity index (χ0n) is 12.9. The van der Waals surface area contributed by atoms with E-state index in [1.54, 1.807) is 6.92 Å². The Morgan fingerprint density at radius 2 is 1.77 bits per heavy atom. The van der Waals surface area contributed by atoms with Crippen molar-refractivity contribution in [2.45, 2.75) is 26.5 Å². The molecular weight excluding hydrogens is 278 g/mol. The number of ether oxygens (including phenoxy) is 2. The lowest BCUT2D eigenvalue weighted by molar-refractivity contribution is -0.127. The molecule has 0 radical (unpaired) electrons. The van der Waals surface area contributed by atoms with Gasteiger partial charge in [-0.15, -0.1) is 0 Å². The van der Waals surface area contributed by atoms with Crippen LogP contribution in [0.1, 0.15) is 19.4 Å². The molecule has 22 heavy (non-hydrogen) atoms. The number of carbonyl (C=O) groups excluding carboxylic acids is 1. The second kappa shape index (κ2) is 8.08. The van der Waals surface area contributed by atoms with Crippen molar-refractivity contribution >= 4 is 5.91 Å². The first-order valence-electron chi connectivity index (χ1n) is 7.41. The average molecular weight is 299 g/mol. The molecule has 4 heteroatoms. The third-order valence-electron chi connectivity index (χ3n) is 3.15. The minimum absolute atomic E-state index is 0.157. The zero-order valence-corrected chi connectivity index (χ0v) is 12.9. The SMILES string of the molecule is CCOc1ccccc1CNC(=O)C(C)Oc1ccccc1. The van der Waals surface area contributed by atoms with E-state index >= 15 is 0 Å². The van der Waals surface area contributed by atoms with Crippen molar-refractivity contribution in [1.82, 2.24) is 5.32 Å². The second-order valence-electron chi connectivity index (χ2n) is 4.83. The molecule has 1 atom stereocenters. The monoisotopic (exact) mass is 299 g/mol. The molecule has 0 saturated carbocycles. The first kappa shape index (κ1) is 15.9. The van der Waals surface area contributed by atoms with Crippen molar-refractivity contribution in [3.05, 3.63) is 60.2 Å². The fraction of sp³-hybridized carbons (Fsp3) is 0.278. The summed E-state index contributed by atoms with van der Waals surface area (Å²) in [7, 11) is 0. The molecule has 116 valence electrons. The predicted octanol–water partition coefficient (Wildman–Crippen LogP) is 3.17. The average Bonchev–Trinajstić information content (AvgIpc) is 2.55. The van der Waals surface area contributed by atoms with Gasteiger partial charge in [-0.3, -0.25) is 4.79 Å². The number of hydrogen-bond donors (Lipinski definition) is 1. The van der Waals surface area contributed by atoms with Crippen LogP contribution in [0, 0.1) is 0 Å². The summed E-state index contributed by atoms with van der Waals surface area (Å²) in [6.45, 7) is 4.68. The molecule has 0 heterocycles. The Balaban J connectivity index is 1.89. The van der Waals surface area contributed by atoms with Gasteiger partial charge in [0.15, 0.2) is 6.10 Å². The van der Waals surface area contributed by atoms with Gasteiger partial charge in [-0.1, -0.05) is 36.4 Å². The van der Waals surface area contributed by atoms with E-state index in [9.17, 15) is 4.79 Å². The quantitative estimate of drug-likeness (QED) is 0.854. The lowest BCUT2D eigenvalue weighted by Gasteiger charge is -2.15. The van der Waals surface area contributed by atoms with E-state index in [4.69, 9.17) is 9.47 Å². The minimum Gasteiger partial charge on any atom is -0.494 e. The molecule has 2 aromatic rings. The molecule has 1 amide bonds. The van der Waals surface area contributed by atoms with Gasteiger partial charge in [0.25, 0.3) is 5.91 Å². The summed E-state index contributed by atoms with van der Waals surface area (Å²) in [6.07, 6.45) is -0.554. The maximum Gasteiger partial charge on any atom is 0.261 e. The minimum atomic E-state index is -0.554. The second-order valence-corrected chi connectivity index (χ2v) is 4.83. The van der Waals surface area contributed by atoms with Crippen LogP contribution >= 0.6 is 0 Å². The number of nitrogens with one attached hydrogen (secondary N) is 1. The van der Waals surface area contributed by atoms with Gasteiger partial charge in [0.1, 0.15) is 11.5 Å². The van der Waals surface area contributed by atoms with E-state index in [0.29, 0.717) is 18.9 Å². The molecule has 0 saturated heterocycles. The molecule has 0 aromatic heterocycles. The standard InChI is InChI=1S/C18H21NO3/c1-3-21-17-12-8-7-9-15(17)13-19-18(20)14(2)22-16-10-5-4-6-11-16/h4-12,14H,3,13H2,1-2H3,(H,19,20).